The zero-order valence-corrected chi connectivity index (χ0v) is 90.3. The molecule has 0 heterocycles. The van der Waals surface area contributed by atoms with Crippen LogP contribution in [0.5, 0.6) is 63.2 Å². The Balaban J connectivity index is 0.000000198. The van der Waals surface area contributed by atoms with Gasteiger partial charge >= 0.3 is 23.9 Å². The number of carbonyl (C=O) groups excluding carboxylic acids is 5. The number of sulfone groups is 2. The number of aromatic carboxylic acids is 1. The van der Waals surface area contributed by atoms with Gasteiger partial charge in [-0.15, -0.1) is 0 Å². The topological polar surface area (TPSA) is 305 Å². The number of esters is 3. The number of benzene rings is 15. The second kappa shape index (κ2) is 49.1. The molecule has 15 rings (SSSR count). The molecule has 0 aromatic heterocycles. The highest BCUT2D eigenvalue weighted by atomic mass is 35.5. The van der Waals surface area contributed by atoms with Crippen molar-refractivity contribution < 1.29 is 98.2 Å². The number of carbonyl (C=O) groups is 6. The number of halogens is 2. The van der Waals surface area contributed by atoms with Crippen molar-refractivity contribution in [1.82, 2.24) is 0 Å². The third-order valence-electron chi connectivity index (χ3n) is 25.6. The Morgan fingerprint density at radius 1 is 0.297 bits per heavy atom. The van der Waals surface area contributed by atoms with E-state index < -0.39 is 76.1 Å². The number of methoxy groups -OCH3 is 1. The van der Waals surface area contributed by atoms with Gasteiger partial charge in [0, 0.05) is 32.8 Å². The summed E-state index contributed by atoms with van der Waals surface area (Å²) >= 11 is 10.4. The van der Waals surface area contributed by atoms with Gasteiger partial charge in [-0.05, 0) is 374 Å². The fraction of sp³-hybridized carbons (Fsp3) is 0.207. The molecule has 0 radical (unpaired) electrons. The monoisotopic (exact) mass is 2100 g/mol. The van der Waals surface area contributed by atoms with Gasteiger partial charge in [-0.2, -0.15) is 0 Å². The van der Waals surface area contributed by atoms with Crippen molar-refractivity contribution in [3.63, 3.8) is 0 Å². The van der Waals surface area contributed by atoms with E-state index in [9.17, 15) is 55.8 Å². The molecule has 15 aromatic rings. The largest absolute Gasteiger partial charge is 0.508 e. The van der Waals surface area contributed by atoms with Crippen LogP contribution in [0.25, 0.3) is 0 Å². The van der Waals surface area contributed by atoms with Crippen LogP contribution in [-0.4, -0.2) is 96.9 Å². The fourth-order valence-corrected chi connectivity index (χ4v) is 28.1. The summed E-state index contributed by atoms with van der Waals surface area (Å²) < 4.78 is 100. The summed E-state index contributed by atoms with van der Waals surface area (Å²) in [5.41, 5.74) is 10.7. The SMILES string of the molecule is CCCC[Si](C)(C)O[Si](C)(C)CCCOC(=O)c1ccc(C(=O)O)cc1.COC(=O)c1ccc(C(=O)Oc2ccc(C(C)(C)c3ccc(Oc4ccc(S(=O)(=O)c5ccc(Oc6ccc(C(C)(C)c7ccc(O)cc7)cc6)cc5)cc4)cc3)cc2)cc1.Cc1ccc(C(C)(C)c2ccc(Oc3ccc(S(=O)(=O)c4ccc(Oc5ccc(C(C)(C)c6ccc(O)cc6)cc5)cc4)cc3)cc2)cc1.O=C(Cl)c1ccc(C(=O)Cl)cc1. The van der Waals surface area contributed by atoms with Gasteiger partial charge in [0.1, 0.15) is 63.2 Å². The van der Waals surface area contributed by atoms with E-state index in [1.165, 1.54) is 140 Å². The maximum atomic E-state index is 13.5. The lowest BCUT2D eigenvalue weighted by atomic mass is 9.78. The second-order valence-corrected chi connectivity index (χ2v) is 52.3. The number of phenols is 2. The maximum absolute atomic E-state index is 13.5. The molecule has 0 atom stereocenters. The number of aromatic hydroxyl groups is 2. The smallest absolute Gasteiger partial charge is 0.343 e. The standard InChI is InChI=1S/C51H44O9S.C43H40O5S.C19H32O5Si2.C8H4Cl2O2/c1-50(2,36-10-18-40(52)19-11-36)37-12-20-41(21-13-37)58-43-26-30-46(31-27-43)61(55,56)47-32-28-44(29-33-47)59-42-22-14-38(15-23-42)51(3,4)39-16-24-45(25-17-39)60-49(54)35-8-6-34(7-9-35)48(53)57-5;1-30-6-8-31(9-7-30)42(2,3)33-12-18-36(19-13-33)47-38-22-26-40(27-23-38)49(45,46)41-28-24-39(25-29-41)48-37-20-14-34(15-21-37)43(4,5)32-10-16-35(44)17-11-32;1-6-7-14-25(2,3)24-26(4,5)15-8-13-23-19(22)17-11-9-16(10-12-17)18(20)21;9-7(11)5-1-2-6(4-3-5)8(10)12/h6-33,52H,1-5H3;6-29,44H,1-5H3;9-12H,6-8,13-15H2,1-5H3,(H,20,21);1-4H. The molecule has 27 heteroatoms. The summed E-state index contributed by atoms with van der Waals surface area (Å²) in [7, 11) is -9.62. The first-order valence-electron chi connectivity index (χ1n) is 48.0. The van der Waals surface area contributed by atoms with Crippen molar-refractivity contribution in [3.05, 3.63) is 447 Å². The zero-order valence-electron chi connectivity index (χ0n) is 85.1. The lowest BCUT2D eigenvalue weighted by Crippen LogP contribution is -2.44. The minimum Gasteiger partial charge on any atom is -0.508 e. The highest BCUT2D eigenvalue weighted by molar-refractivity contribution is 7.91. The minimum absolute atomic E-state index is 0.132. The number of aryl methyl sites for hydroxylation is 1. The van der Waals surface area contributed by atoms with Crippen molar-refractivity contribution in [1.29, 1.82) is 0 Å². The third kappa shape index (κ3) is 30.0. The van der Waals surface area contributed by atoms with Crippen LogP contribution in [-0.2, 0) is 54.9 Å². The van der Waals surface area contributed by atoms with E-state index in [4.69, 9.17) is 65.6 Å². The van der Waals surface area contributed by atoms with Crippen molar-refractivity contribution in [2.75, 3.05) is 13.7 Å². The Labute approximate surface area is 878 Å². The predicted molar refractivity (Wildman–Crippen MR) is 584 cm³/mol. The third-order valence-corrected chi connectivity index (χ3v) is 37.2. The van der Waals surface area contributed by atoms with E-state index >= 15 is 0 Å². The van der Waals surface area contributed by atoms with Crippen LogP contribution >= 0.6 is 23.2 Å². The van der Waals surface area contributed by atoms with E-state index in [2.05, 4.69) is 132 Å². The first-order valence-corrected chi connectivity index (χ1v) is 58.0. The average molecular weight is 2100 g/mol. The van der Waals surface area contributed by atoms with Crippen LogP contribution in [0.4, 0.5) is 0 Å². The molecule has 0 aliphatic rings. The molecule has 0 unspecified atom stereocenters. The average Bonchev–Trinajstić information content (AvgIpc) is 0.803. The van der Waals surface area contributed by atoms with Crippen molar-refractivity contribution in [2.24, 2.45) is 0 Å². The Hall–Kier alpha value is -14.8. The lowest BCUT2D eigenvalue weighted by molar-refractivity contribution is 0.0501. The number of rotatable bonds is 36. The summed E-state index contributed by atoms with van der Waals surface area (Å²) in [5, 5.41) is 27.1. The summed E-state index contributed by atoms with van der Waals surface area (Å²) in [6, 6.07) is 107. The van der Waals surface area contributed by atoms with E-state index in [1.807, 2.05) is 121 Å². The van der Waals surface area contributed by atoms with Gasteiger partial charge in [-0.25, -0.2) is 36.0 Å². The molecule has 0 aliphatic heterocycles. The van der Waals surface area contributed by atoms with Gasteiger partial charge in [-0.1, -0.05) is 190 Å². The lowest BCUT2D eigenvalue weighted by Gasteiger charge is -2.34. The number of unbranched alkanes of at least 4 members (excludes halogenated alkanes) is 1. The summed E-state index contributed by atoms with van der Waals surface area (Å²) in [4.78, 5) is 69.0. The molecule has 15 aromatic carbocycles. The van der Waals surface area contributed by atoms with Gasteiger partial charge in [-0.3, -0.25) is 9.59 Å². The molecule has 21 nitrogen and oxygen atoms in total. The van der Waals surface area contributed by atoms with Gasteiger partial charge in [0.05, 0.1) is 55.6 Å². The zero-order chi connectivity index (χ0) is 107. The molecule has 0 aliphatic carbocycles. The first-order chi connectivity index (χ1) is 70.1. The van der Waals surface area contributed by atoms with Crippen LogP contribution in [0.3, 0.4) is 0 Å². The summed E-state index contributed by atoms with van der Waals surface area (Å²) in [6.45, 7) is 30.8. The maximum Gasteiger partial charge on any atom is 0.343 e. The molecule has 0 spiro atoms. The van der Waals surface area contributed by atoms with Crippen molar-refractivity contribution >= 4 is 93.9 Å². The first kappa shape index (κ1) is 112. The number of hydrogen-bond acceptors (Lipinski definition) is 20. The van der Waals surface area contributed by atoms with Crippen LogP contribution in [0.15, 0.2) is 384 Å². The molecule has 148 heavy (non-hydrogen) atoms. The van der Waals surface area contributed by atoms with E-state index in [0.717, 1.165) is 45.8 Å². The number of ether oxygens (including phenoxy) is 7. The highest BCUT2D eigenvalue weighted by Crippen LogP contribution is 2.42. The van der Waals surface area contributed by atoms with Gasteiger partial charge < -0.3 is 52.6 Å². The fourth-order valence-electron chi connectivity index (χ4n) is 16.4. The number of phenolic OH excluding ortho intramolecular Hbond substituents is 2. The normalized spacial score (nSPS) is 11.7. The second-order valence-electron chi connectivity index (χ2n) is 38.8. The Kier molecular flexibility index (Phi) is 37.2. The number of carboxylic acids is 1. The van der Waals surface area contributed by atoms with Crippen LogP contribution in [0.1, 0.15) is 194 Å². The van der Waals surface area contributed by atoms with Crippen LogP contribution in [0, 0.1) is 6.92 Å². The molecule has 3 N–H and O–H groups in total. The van der Waals surface area contributed by atoms with E-state index in [0.29, 0.717) is 86.2 Å². The van der Waals surface area contributed by atoms with Gasteiger partial charge in [0.15, 0.2) is 16.6 Å². The molecule has 0 fully saturated rings. The Bertz CT molecular complexity index is 7120. The van der Waals surface area contributed by atoms with Crippen molar-refractivity contribution in [3.8, 4) is 63.2 Å². The number of hydrogen-bond donors (Lipinski definition) is 3. The number of carboxylic acid groups (broad SMARTS) is 1. The quantitative estimate of drug-likeness (QED) is 0.0108. The van der Waals surface area contributed by atoms with E-state index in [1.54, 1.807) is 109 Å². The molecule has 0 bridgehead atoms. The molecule has 764 valence electrons. The molecule has 0 saturated carbocycles. The minimum atomic E-state index is -3.81. The molecule has 0 amide bonds. The van der Waals surface area contributed by atoms with Crippen LogP contribution < -0.4 is 23.7 Å². The molecule has 0 saturated heterocycles. The molecular weight excluding hydrogens is 1980 g/mol. The summed E-state index contributed by atoms with van der Waals surface area (Å²) in [6.07, 6.45) is 3.21. The summed E-state index contributed by atoms with van der Waals surface area (Å²) in [5.74, 6) is 2.97. The van der Waals surface area contributed by atoms with Crippen molar-refractivity contribution in [2.45, 2.75) is 168 Å². The Morgan fingerprint density at radius 2 is 0.520 bits per heavy atom. The van der Waals surface area contributed by atoms with Crippen LogP contribution in [0.2, 0.25) is 38.3 Å². The van der Waals surface area contributed by atoms with E-state index in [-0.39, 0.29) is 52.9 Å². The Morgan fingerprint density at radius 3 is 0.777 bits per heavy atom. The van der Waals surface area contributed by atoms with Gasteiger partial charge in [0.25, 0.3) is 10.5 Å². The highest BCUT2D eigenvalue weighted by Gasteiger charge is 2.34. The predicted octanol–water partition coefficient (Wildman–Crippen LogP) is 29.8. The van der Waals surface area contributed by atoms with Gasteiger partial charge in [0.2, 0.25) is 19.7 Å². The molecular formula is C121H120Cl2O21S2Si2.